The largest absolute Gasteiger partial charge is 0.458 e. The Bertz CT molecular complexity index is 809. The monoisotopic (exact) mass is 360 g/mol. The first-order chi connectivity index (χ1) is 12.1. The third-order valence-electron chi connectivity index (χ3n) is 4.16. The van der Waals surface area contributed by atoms with Crippen molar-refractivity contribution in [2.75, 3.05) is 6.54 Å². The van der Waals surface area contributed by atoms with Crippen molar-refractivity contribution in [3.8, 4) is 0 Å². The third-order valence-corrected chi connectivity index (χ3v) is 6.09. The molecule has 2 aromatic rings. The number of sulfonamides is 1. The average Bonchev–Trinajstić information content (AvgIpc) is 2.67. The summed E-state index contributed by atoms with van der Waals surface area (Å²) in [6.07, 6.45) is 3.61. The highest BCUT2D eigenvalue weighted by Crippen LogP contribution is 2.26. The topological polar surface area (TPSA) is 76.6 Å². The molecule has 25 heavy (non-hydrogen) atoms. The van der Waals surface area contributed by atoms with Crippen LogP contribution in [0.1, 0.15) is 25.0 Å². The summed E-state index contributed by atoms with van der Waals surface area (Å²) < 4.78 is 32.4. The highest BCUT2D eigenvalue weighted by Gasteiger charge is 2.38. The lowest BCUT2D eigenvalue weighted by molar-refractivity contribution is -0.150. The van der Waals surface area contributed by atoms with Gasteiger partial charge in [-0.05, 0) is 43.5 Å². The number of hydrogen-bond acceptors (Lipinski definition) is 5. The van der Waals surface area contributed by atoms with E-state index in [-0.39, 0.29) is 11.5 Å². The van der Waals surface area contributed by atoms with E-state index in [1.54, 1.807) is 48.7 Å². The zero-order valence-electron chi connectivity index (χ0n) is 13.7. The van der Waals surface area contributed by atoms with Crippen molar-refractivity contribution >= 4 is 16.0 Å². The van der Waals surface area contributed by atoms with Gasteiger partial charge in [0.15, 0.2) is 0 Å². The van der Waals surface area contributed by atoms with Crippen LogP contribution in [0.25, 0.3) is 0 Å². The van der Waals surface area contributed by atoms with Gasteiger partial charge in [-0.3, -0.25) is 9.78 Å². The summed E-state index contributed by atoms with van der Waals surface area (Å²) in [4.78, 5) is 16.8. The second-order valence-corrected chi connectivity index (χ2v) is 7.76. The molecule has 0 radical (unpaired) electrons. The van der Waals surface area contributed by atoms with Gasteiger partial charge in [-0.2, -0.15) is 4.31 Å². The molecule has 6 nitrogen and oxygen atoms in total. The van der Waals surface area contributed by atoms with Crippen LogP contribution in [0.3, 0.4) is 0 Å². The van der Waals surface area contributed by atoms with Crippen molar-refractivity contribution in [3.63, 3.8) is 0 Å². The van der Waals surface area contributed by atoms with Gasteiger partial charge in [0.25, 0.3) is 0 Å². The van der Waals surface area contributed by atoms with Crippen molar-refractivity contribution in [2.24, 2.45) is 0 Å². The molecule has 0 unspecified atom stereocenters. The second kappa shape index (κ2) is 7.76. The molecule has 0 saturated carbocycles. The fourth-order valence-corrected chi connectivity index (χ4v) is 4.55. The van der Waals surface area contributed by atoms with Crippen LogP contribution >= 0.6 is 0 Å². The molecule has 1 aromatic carbocycles. The molecule has 1 aliphatic rings. The van der Waals surface area contributed by atoms with Gasteiger partial charge < -0.3 is 4.74 Å². The fraction of sp³-hybridized carbons (Fsp3) is 0.333. The van der Waals surface area contributed by atoms with E-state index in [1.807, 2.05) is 6.07 Å². The molecule has 1 saturated heterocycles. The number of hydrogen-bond donors (Lipinski definition) is 0. The number of esters is 1. The van der Waals surface area contributed by atoms with Crippen molar-refractivity contribution in [1.29, 1.82) is 0 Å². The highest BCUT2D eigenvalue weighted by molar-refractivity contribution is 7.89. The summed E-state index contributed by atoms with van der Waals surface area (Å²) in [5.41, 5.74) is 0.629. The molecule has 1 fully saturated rings. The van der Waals surface area contributed by atoms with E-state index in [9.17, 15) is 13.2 Å². The molecule has 7 heteroatoms. The summed E-state index contributed by atoms with van der Waals surface area (Å²) in [6, 6.07) is 12.7. The zero-order chi connectivity index (χ0) is 17.7. The number of benzene rings is 1. The van der Waals surface area contributed by atoms with Crippen LogP contribution in [0.5, 0.6) is 0 Å². The van der Waals surface area contributed by atoms with Gasteiger partial charge in [0.05, 0.1) is 10.6 Å². The molecule has 3 rings (SSSR count). The Morgan fingerprint density at radius 1 is 1.12 bits per heavy atom. The molecular weight excluding hydrogens is 340 g/mol. The van der Waals surface area contributed by atoms with E-state index in [4.69, 9.17) is 4.74 Å². The number of carbonyl (C=O) groups excluding carboxylic acids is 1. The number of aromatic nitrogens is 1. The number of ether oxygens (including phenoxy) is 1. The quantitative estimate of drug-likeness (QED) is 0.765. The summed E-state index contributed by atoms with van der Waals surface area (Å²) in [5, 5.41) is 0. The number of pyridine rings is 1. The molecule has 1 atom stereocenters. The first-order valence-corrected chi connectivity index (χ1v) is 9.66. The van der Waals surface area contributed by atoms with Gasteiger partial charge in [-0.25, -0.2) is 8.42 Å². The molecule has 1 aromatic heterocycles. The van der Waals surface area contributed by atoms with Gasteiger partial charge in [-0.15, -0.1) is 0 Å². The van der Waals surface area contributed by atoms with Gasteiger partial charge in [0, 0.05) is 12.7 Å². The fourth-order valence-electron chi connectivity index (χ4n) is 2.88. The van der Waals surface area contributed by atoms with Crippen LogP contribution in [0.2, 0.25) is 0 Å². The Kier molecular flexibility index (Phi) is 5.45. The number of piperidine rings is 1. The lowest BCUT2D eigenvalue weighted by Crippen LogP contribution is -2.48. The maximum atomic E-state index is 12.9. The van der Waals surface area contributed by atoms with E-state index in [1.165, 1.54) is 4.31 Å². The SMILES string of the molecule is O=C(OCc1ccccn1)[C@H]1CCCCN1S(=O)(=O)c1ccccc1. The van der Waals surface area contributed by atoms with E-state index < -0.39 is 22.0 Å². The van der Waals surface area contributed by atoms with E-state index in [2.05, 4.69) is 4.98 Å². The molecule has 0 bridgehead atoms. The van der Waals surface area contributed by atoms with Crippen LogP contribution in [-0.4, -0.2) is 36.3 Å². The Hall–Kier alpha value is -2.25. The van der Waals surface area contributed by atoms with Gasteiger partial charge in [0.2, 0.25) is 10.0 Å². The van der Waals surface area contributed by atoms with Crippen molar-refractivity contribution < 1.29 is 17.9 Å². The van der Waals surface area contributed by atoms with Crippen LogP contribution in [0.15, 0.2) is 59.6 Å². The van der Waals surface area contributed by atoms with Crippen LogP contribution < -0.4 is 0 Å². The summed E-state index contributed by atoms with van der Waals surface area (Å²) in [6.45, 7) is 0.357. The predicted octanol–water partition coefficient (Wildman–Crippen LogP) is 2.37. The summed E-state index contributed by atoms with van der Waals surface area (Å²) in [5.74, 6) is -0.523. The van der Waals surface area contributed by atoms with Crippen LogP contribution in [0.4, 0.5) is 0 Å². The van der Waals surface area contributed by atoms with E-state index >= 15 is 0 Å². The zero-order valence-corrected chi connectivity index (χ0v) is 14.6. The number of carbonyl (C=O) groups is 1. The van der Waals surface area contributed by atoms with E-state index in [0.717, 1.165) is 12.8 Å². The lowest BCUT2D eigenvalue weighted by atomic mass is 10.1. The van der Waals surface area contributed by atoms with Gasteiger partial charge in [-0.1, -0.05) is 24.3 Å². The van der Waals surface area contributed by atoms with Gasteiger partial charge in [0.1, 0.15) is 12.6 Å². The average molecular weight is 360 g/mol. The molecule has 132 valence electrons. The molecule has 0 amide bonds. The molecule has 1 aliphatic heterocycles. The summed E-state index contributed by atoms with van der Waals surface area (Å²) >= 11 is 0. The Balaban J connectivity index is 1.75. The van der Waals surface area contributed by atoms with Crippen LogP contribution in [-0.2, 0) is 26.2 Å². The number of nitrogens with zero attached hydrogens (tertiary/aromatic N) is 2. The van der Waals surface area contributed by atoms with Crippen molar-refractivity contribution in [3.05, 3.63) is 60.4 Å². The van der Waals surface area contributed by atoms with E-state index in [0.29, 0.717) is 18.7 Å². The van der Waals surface area contributed by atoms with Gasteiger partial charge >= 0.3 is 5.97 Å². The standard InChI is InChI=1S/C18H20N2O4S/c21-18(24-14-15-8-4-6-12-19-15)17-11-5-7-13-20(17)25(22,23)16-9-2-1-3-10-16/h1-4,6,8-10,12,17H,5,7,11,13-14H2/t17-/m1/s1. The smallest absolute Gasteiger partial charge is 0.324 e. The molecule has 0 aliphatic carbocycles. The van der Waals surface area contributed by atoms with Crippen molar-refractivity contribution in [2.45, 2.75) is 36.8 Å². The molecule has 0 N–H and O–H groups in total. The first kappa shape index (κ1) is 17.6. The van der Waals surface area contributed by atoms with Crippen molar-refractivity contribution in [1.82, 2.24) is 9.29 Å². The molecule has 0 spiro atoms. The first-order valence-electron chi connectivity index (χ1n) is 8.22. The van der Waals surface area contributed by atoms with Crippen LogP contribution in [0, 0.1) is 0 Å². The normalized spacial score (nSPS) is 18.6. The Labute approximate surface area is 147 Å². The minimum atomic E-state index is -3.72. The minimum Gasteiger partial charge on any atom is -0.458 e. The maximum Gasteiger partial charge on any atom is 0.324 e. The number of rotatable bonds is 5. The lowest BCUT2D eigenvalue weighted by Gasteiger charge is -2.33. The maximum absolute atomic E-state index is 12.9. The molecule has 2 heterocycles. The Morgan fingerprint density at radius 3 is 2.60 bits per heavy atom. The minimum absolute atomic E-state index is 0.0371. The Morgan fingerprint density at radius 2 is 1.88 bits per heavy atom. The second-order valence-electron chi connectivity index (χ2n) is 5.87. The highest BCUT2D eigenvalue weighted by atomic mass is 32.2. The third kappa shape index (κ3) is 4.05. The predicted molar refractivity (Wildman–Crippen MR) is 92.0 cm³/mol. The molecular formula is C18H20N2O4S. The summed E-state index contributed by atoms with van der Waals surface area (Å²) in [7, 11) is -3.72.